The molecule has 2 rings (SSSR count). The number of hydrogen-bond donors (Lipinski definition) is 1. The van der Waals surface area contributed by atoms with Gasteiger partial charge in [-0.05, 0) is 50.1 Å². The Balaban J connectivity index is 2.05. The summed E-state index contributed by atoms with van der Waals surface area (Å²) in [6.07, 6.45) is 0.451. The van der Waals surface area contributed by atoms with Gasteiger partial charge in [0.15, 0.2) is 0 Å². The topological polar surface area (TPSA) is 86.8 Å². The smallest absolute Gasteiger partial charge is 0.242 e. The molecule has 2 aromatic rings. The molecule has 0 aliphatic heterocycles. The van der Waals surface area contributed by atoms with Crippen LogP contribution in [0.1, 0.15) is 32.3 Å². The molecule has 1 atom stereocenters. The predicted molar refractivity (Wildman–Crippen MR) is 126 cm³/mol. The van der Waals surface area contributed by atoms with E-state index < -0.39 is 16.1 Å². The fourth-order valence-electron chi connectivity index (χ4n) is 3.18. The van der Waals surface area contributed by atoms with E-state index in [1.54, 1.807) is 49.4 Å². The highest BCUT2D eigenvalue weighted by atomic mass is 35.5. The maximum absolute atomic E-state index is 13.0. The van der Waals surface area contributed by atoms with E-state index in [9.17, 15) is 18.0 Å². The Morgan fingerprint density at radius 1 is 1.06 bits per heavy atom. The zero-order chi connectivity index (χ0) is 23.7. The summed E-state index contributed by atoms with van der Waals surface area (Å²) in [6.45, 7) is 4.41. The van der Waals surface area contributed by atoms with E-state index in [0.717, 1.165) is 5.56 Å². The standard InChI is InChI=1S/C23H30ClN3O4S/c1-4-25-23(29)18(2)27(17-19-12-14-20(24)15-13-19)22(28)11-8-16-26(3)32(30,31)21-9-6-5-7-10-21/h5-7,9-10,12-15,18H,4,8,11,16-17H2,1-3H3,(H,25,29). The Bertz CT molecular complexity index is 998. The fraction of sp³-hybridized carbons (Fsp3) is 0.391. The zero-order valence-corrected chi connectivity index (χ0v) is 20.2. The van der Waals surface area contributed by atoms with Crippen LogP contribution in [0.3, 0.4) is 0 Å². The lowest BCUT2D eigenvalue weighted by molar-refractivity contribution is -0.140. The first-order valence-corrected chi connectivity index (χ1v) is 12.3. The molecule has 2 aromatic carbocycles. The first-order valence-electron chi connectivity index (χ1n) is 10.5. The summed E-state index contributed by atoms with van der Waals surface area (Å²) >= 11 is 5.95. The number of carbonyl (C=O) groups excluding carboxylic acids is 2. The second-order valence-electron chi connectivity index (χ2n) is 7.46. The van der Waals surface area contributed by atoms with Gasteiger partial charge in [0.05, 0.1) is 4.90 Å². The molecule has 0 saturated heterocycles. The summed E-state index contributed by atoms with van der Waals surface area (Å²) < 4.78 is 26.5. The lowest BCUT2D eigenvalue weighted by atomic mass is 10.1. The Labute approximate surface area is 195 Å². The maximum atomic E-state index is 13.0. The minimum absolute atomic E-state index is 0.117. The molecule has 0 saturated carbocycles. The van der Waals surface area contributed by atoms with Crippen LogP contribution in [0.15, 0.2) is 59.5 Å². The first kappa shape index (κ1) is 25.8. The van der Waals surface area contributed by atoms with Crippen molar-refractivity contribution < 1.29 is 18.0 Å². The van der Waals surface area contributed by atoms with Crippen LogP contribution in [0.2, 0.25) is 5.02 Å². The number of likely N-dealkylation sites (N-methyl/N-ethyl adjacent to an activating group) is 1. The molecule has 0 spiro atoms. The van der Waals surface area contributed by atoms with E-state index in [0.29, 0.717) is 18.0 Å². The highest BCUT2D eigenvalue weighted by Gasteiger charge is 2.26. The number of hydrogen-bond acceptors (Lipinski definition) is 4. The summed E-state index contributed by atoms with van der Waals surface area (Å²) in [5, 5.41) is 3.34. The average Bonchev–Trinajstić information content (AvgIpc) is 2.78. The Morgan fingerprint density at radius 2 is 1.69 bits per heavy atom. The predicted octanol–water partition coefficient (Wildman–Crippen LogP) is 3.29. The monoisotopic (exact) mass is 479 g/mol. The van der Waals surface area contributed by atoms with E-state index in [4.69, 9.17) is 11.6 Å². The van der Waals surface area contributed by atoms with Crippen molar-refractivity contribution in [2.24, 2.45) is 0 Å². The zero-order valence-electron chi connectivity index (χ0n) is 18.6. The number of nitrogens with zero attached hydrogens (tertiary/aromatic N) is 2. The second kappa shape index (κ2) is 12.0. The Morgan fingerprint density at radius 3 is 2.28 bits per heavy atom. The molecule has 0 aliphatic carbocycles. The van der Waals surface area contributed by atoms with Crippen molar-refractivity contribution >= 4 is 33.4 Å². The number of benzene rings is 2. The van der Waals surface area contributed by atoms with Crippen molar-refractivity contribution in [3.63, 3.8) is 0 Å². The molecule has 7 nitrogen and oxygen atoms in total. The molecule has 1 unspecified atom stereocenters. The third-order valence-corrected chi connectivity index (χ3v) is 7.22. The van der Waals surface area contributed by atoms with Gasteiger partial charge in [0.2, 0.25) is 21.8 Å². The van der Waals surface area contributed by atoms with Crippen LogP contribution in [0, 0.1) is 0 Å². The van der Waals surface area contributed by atoms with Crippen LogP contribution in [0.4, 0.5) is 0 Å². The SMILES string of the molecule is CCNC(=O)C(C)N(Cc1ccc(Cl)cc1)C(=O)CCCN(C)S(=O)(=O)c1ccccc1. The number of rotatable bonds is 11. The lowest BCUT2D eigenvalue weighted by Gasteiger charge is -2.29. The molecule has 9 heteroatoms. The van der Waals surface area contributed by atoms with E-state index in [-0.39, 0.29) is 36.2 Å². The van der Waals surface area contributed by atoms with Crippen molar-refractivity contribution in [3.8, 4) is 0 Å². The van der Waals surface area contributed by atoms with Gasteiger partial charge in [-0.3, -0.25) is 9.59 Å². The van der Waals surface area contributed by atoms with Gasteiger partial charge in [0.25, 0.3) is 0 Å². The molecule has 2 amide bonds. The van der Waals surface area contributed by atoms with Gasteiger partial charge >= 0.3 is 0 Å². The summed E-state index contributed by atoms with van der Waals surface area (Å²) in [5.74, 6) is -0.456. The van der Waals surface area contributed by atoms with Crippen molar-refractivity contribution in [2.75, 3.05) is 20.1 Å². The first-order chi connectivity index (χ1) is 15.2. The van der Waals surface area contributed by atoms with Crippen molar-refractivity contribution in [3.05, 3.63) is 65.2 Å². The van der Waals surface area contributed by atoms with Crippen molar-refractivity contribution in [1.29, 1.82) is 0 Å². The van der Waals surface area contributed by atoms with Gasteiger partial charge in [-0.15, -0.1) is 0 Å². The maximum Gasteiger partial charge on any atom is 0.242 e. The van der Waals surface area contributed by atoms with Gasteiger partial charge in [0, 0.05) is 38.1 Å². The van der Waals surface area contributed by atoms with E-state index >= 15 is 0 Å². The molecule has 174 valence electrons. The van der Waals surface area contributed by atoms with Gasteiger partial charge < -0.3 is 10.2 Å². The fourth-order valence-corrected chi connectivity index (χ4v) is 4.54. The number of amides is 2. The number of carbonyl (C=O) groups is 2. The molecule has 32 heavy (non-hydrogen) atoms. The van der Waals surface area contributed by atoms with Gasteiger partial charge in [-0.1, -0.05) is 41.9 Å². The minimum Gasteiger partial charge on any atom is -0.355 e. The summed E-state index contributed by atoms with van der Waals surface area (Å²) in [6, 6.07) is 14.6. The third kappa shape index (κ3) is 7.05. The molecular weight excluding hydrogens is 450 g/mol. The van der Waals surface area contributed by atoms with Crippen LogP contribution in [-0.4, -0.2) is 55.6 Å². The quantitative estimate of drug-likeness (QED) is 0.535. The van der Waals surface area contributed by atoms with Crippen LogP contribution in [-0.2, 0) is 26.2 Å². The van der Waals surface area contributed by atoms with E-state index in [1.165, 1.54) is 16.3 Å². The molecule has 0 aliphatic rings. The van der Waals surface area contributed by atoms with Gasteiger partial charge in [-0.25, -0.2) is 12.7 Å². The van der Waals surface area contributed by atoms with E-state index in [1.807, 2.05) is 19.1 Å². The third-order valence-electron chi connectivity index (χ3n) is 5.10. The van der Waals surface area contributed by atoms with Gasteiger partial charge in [0.1, 0.15) is 6.04 Å². The molecule has 0 fully saturated rings. The largest absolute Gasteiger partial charge is 0.355 e. The Kier molecular flexibility index (Phi) is 9.68. The Hall–Kier alpha value is -2.42. The average molecular weight is 480 g/mol. The van der Waals surface area contributed by atoms with Crippen LogP contribution < -0.4 is 5.32 Å². The van der Waals surface area contributed by atoms with Crippen LogP contribution in [0.5, 0.6) is 0 Å². The molecule has 0 heterocycles. The highest BCUT2D eigenvalue weighted by molar-refractivity contribution is 7.89. The lowest BCUT2D eigenvalue weighted by Crippen LogP contribution is -2.47. The number of halogens is 1. The van der Waals surface area contributed by atoms with E-state index in [2.05, 4.69) is 5.32 Å². The number of nitrogens with one attached hydrogen (secondary N) is 1. The molecule has 0 bridgehead atoms. The summed E-state index contributed by atoms with van der Waals surface area (Å²) in [7, 11) is -2.12. The van der Waals surface area contributed by atoms with Crippen LogP contribution >= 0.6 is 11.6 Å². The molecular formula is C23H30ClN3O4S. The second-order valence-corrected chi connectivity index (χ2v) is 9.94. The molecule has 0 aromatic heterocycles. The molecule has 1 N–H and O–H groups in total. The number of sulfonamides is 1. The van der Waals surface area contributed by atoms with Crippen molar-refractivity contribution in [2.45, 2.75) is 44.2 Å². The summed E-state index contributed by atoms with van der Waals surface area (Å²) in [5.41, 5.74) is 0.850. The van der Waals surface area contributed by atoms with Gasteiger partial charge in [-0.2, -0.15) is 0 Å². The highest BCUT2D eigenvalue weighted by Crippen LogP contribution is 2.17. The summed E-state index contributed by atoms with van der Waals surface area (Å²) in [4.78, 5) is 27.1. The molecule has 0 radical (unpaired) electrons. The van der Waals surface area contributed by atoms with Crippen LogP contribution in [0.25, 0.3) is 0 Å². The minimum atomic E-state index is -3.62. The van der Waals surface area contributed by atoms with Crippen molar-refractivity contribution in [1.82, 2.24) is 14.5 Å². The normalized spacial score (nSPS) is 12.4.